The molecular weight excluding hydrogens is 258 g/mol. The second-order valence-electron chi connectivity index (χ2n) is 2.77. The molecule has 0 amide bonds. The van der Waals surface area contributed by atoms with Gasteiger partial charge in [0.1, 0.15) is 0 Å². The molecule has 1 aromatic carbocycles. The van der Waals surface area contributed by atoms with Gasteiger partial charge in [0.05, 0.1) is 0 Å². The summed E-state index contributed by atoms with van der Waals surface area (Å²) in [5, 5.41) is -3.25. The Morgan fingerprint density at radius 3 is 2.64 bits per heavy atom. The summed E-state index contributed by atoms with van der Waals surface area (Å²) in [5.41, 5.74) is 0.867. The molecule has 1 heterocycles. The first-order valence-electron chi connectivity index (χ1n) is 3.87. The van der Waals surface area contributed by atoms with Crippen LogP contribution < -0.4 is 4.46 Å². The van der Waals surface area contributed by atoms with Crippen LogP contribution in [0.3, 0.4) is 0 Å². The molecule has 0 bridgehead atoms. The third-order valence-electron chi connectivity index (χ3n) is 1.76. The molecule has 0 aliphatic carbocycles. The standard InChI is InChI=1S/C9H6F3NSe/c10-9(11,12)14-7-1-2-8-6(5-7)3-4-13-8/h1-5,13H. The number of aromatic nitrogens is 1. The minimum atomic E-state index is -4.07. The van der Waals surface area contributed by atoms with E-state index < -0.39 is 20.0 Å². The number of fused-ring (bicyclic) bond motifs is 1. The normalized spacial score (nSPS) is 12.2. The molecule has 74 valence electrons. The molecule has 1 N–H and O–H groups in total. The van der Waals surface area contributed by atoms with Crippen LogP contribution >= 0.6 is 0 Å². The van der Waals surface area contributed by atoms with Gasteiger partial charge in [-0.25, -0.2) is 0 Å². The maximum atomic E-state index is 12.1. The van der Waals surface area contributed by atoms with Gasteiger partial charge < -0.3 is 0 Å². The van der Waals surface area contributed by atoms with Gasteiger partial charge in [-0.1, -0.05) is 0 Å². The molecule has 0 radical (unpaired) electrons. The van der Waals surface area contributed by atoms with E-state index in [1.165, 1.54) is 6.07 Å². The molecule has 14 heavy (non-hydrogen) atoms. The quantitative estimate of drug-likeness (QED) is 0.758. The van der Waals surface area contributed by atoms with Crippen molar-refractivity contribution in [3.05, 3.63) is 30.5 Å². The first-order valence-corrected chi connectivity index (χ1v) is 5.59. The first-order chi connectivity index (χ1) is 6.54. The van der Waals surface area contributed by atoms with Crippen molar-refractivity contribution >= 4 is 30.3 Å². The van der Waals surface area contributed by atoms with Gasteiger partial charge in [-0.15, -0.1) is 0 Å². The molecule has 0 aliphatic rings. The van der Waals surface area contributed by atoms with Gasteiger partial charge in [0.25, 0.3) is 0 Å². The molecule has 1 aromatic heterocycles. The molecule has 0 saturated carbocycles. The van der Waals surface area contributed by atoms with E-state index >= 15 is 0 Å². The Kier molecular flexibility index (Phi) is 2.29. The number of aromatic amines is 1. The van der Waals surface area contributed by atoms with Gasteiger partial charge in [0.15, 0.2) is 0 Å². The van der Waals surface area contributed by atoms with Gasteiger partial charge in [-0.05, 0) is 0 Å². The van der Waals surface area contributed by atoms with Crippen molar-refractivity contribution < 1.29 is 13.2 Å². The predicted molar refractivity (Wildman–Crippen MR) is 49.7 cm³/mol. The van der Waals surface area contributed by atoms with E-state index in [9.17, 15) is 13.2 Å². The number of hydrogen-bond donors (Lipinski definition) is 1. The summed E-state index contributed by atoms with van der Waals surface area (Å²) in [4.78, 5) is 2.94. The second kappa shape index (κ2) is 3.33. The van der Waals surface area contributed by atoms with Crippen LogP contribution in [0.4, 0.5) is 13.2 Å². The molecule has 2 aromatic rings. The van der Waals surface area contributed by atoms with Crippen molar-refractivity contribution in [3.8, 4) is 0 Å². The van der Waals surface area contributed by atoms with Gasteiger partial charge in [-0.2, -0.15) is 0 Å². The van der Waals surface area contributed by atoms with Gasteiger partial charge in [0, 0.05) is 0 Å². The summed E-state index contributed by atoms with van der Waals surface area (Å²) < 4.78 is 36.6. The molecule has 0 spiro atoms. The number of alkyl halides is 3. The van der Waals surface area contributed by atoms with E-state index in [0.29, 0.717) is 4.46 Å². The van der Waals surface area contributed by atoms with Crippen molar-refractivity contribution in [2.75, 3.05) is 0 Å². The van der Waals surface area contributed by atoms with Gasteiger partial charge >= 0.3 is 84.0 Å². The summed E-state index contributed by atoms with van der Waals surface area (Å²) in [5.74, 6) is 0. The third-order valence-corrected chi connectivity index (χ3v) is 3.27. The molecule has 0 aliphatic heterocycles. The van der Waals surface area contributed by atoms with Gasteiger partial charge in [0.2, 0.25) is 0 Å². The summed E-state index contributed by atoms with van der Waals surface area (Å²) in [6.45, 7) is 0. The Morgan fingerprint density at radius 1 is 1.14 bits per heavy atom. The topological polar surface area (TPSA) is 15.8 Å². The van der Waals surface area contributed by atoms with E-state index in [0.717, 1.165) is 10.9 Å². The van der Waals surface area contributed by atoms with Crippen LogP contribution in [0.15, 0.2) is 30.5 Å². The summed E-state index contributed by atoms with van der Waals surface area (Å²) in [6.07, 6.45) is 1.72. The second-order valence-corrected chi connectivity index (χ2v) is 5.16. The van der Waals surface area contributed by atoms with Gasteiger partial charge in [-0.3, -0.25) is 0 Å². The third kappa shape index (κ3) is 2.11. The maximum absolute atomic E-state index is 12.1. The van der Waals surface area contributed by atoms with Crippen LogP contribution in [0.1, 0.15) is 0 Å². The Hall–Kier alpha value is -0.931. The fourth-order valence-corrected chi connectivity index (χ4v) is 2.46. The fourth-order valence-electron chi connectivity index (χ4n) is 1.23. The minimum absolute atomic E-state index is 0.358. The monoisotopic (exact) mass is 265 g/mol. The summed E-state index contributed by atoms with van der Waals surface area (Å²) in [6, 6.07) is 6.55. The molecule has 0 atom stereocenters. The molecule has 2 rings (SSSR count). The van der Waals surface area contributed by atoms with Crippen molar-refractivity contribution in [3.63, 3.8) is 0 Å². The fraction of sp³-hybridized carbons (Fsp3) is 0.111. The van der Waals surface area contributed by atoms with E-state index in [1.54, 1.807) is 24.4 Å². The van der Waals surface area contributed by atoms with Crippen LogP contribution in [0.5, 0.6) is 0 Å². The molecule has 1 nitrogen and oxygen atoms in total. The number of rotatable bonds is 1. The SMILES string of the molecule is FC(F)(F)[Se]c1ccc2[nH]ccc2c1. The van der Waals surface area contributed by atoms with Crippen LogP contribution in [-0.4, -0.2) is 25.0 Å². The van der Waals surface area contributed by atoms with E-state index in [4.69, 9.17) is 0 Å². The average molecular weight is 264 g/mol. The first kappa shape index (κ1) is 9.62. The van der Waals surface area contributed by atoms with Crippen molar-refractivity contribution in [2.45, 2.75) is 5.07 Å². The Balaban J connectivity index is 2.35. The number of H-pyrrole nitrogens is 1. The summed E-state index contributed by atoms with van der Waals surface area (Å²) in [7, 11) is 0. The van der Waals surface area contributed by atoms with Crippen LogP contribution in [0, 0.1) is 0 Å². The Labute approximate surface area is 84.5 Å². The average Bonchev–Trinajstić information content (AvgIpc) is 2.47. The van der Waals surface area contributed by atoms with Crippen molar-refractivity contribution in [1.29, 1.82) is 0 Å². The van der Waals surface area contributed by atoms with Crippen molar-refractivity contribution in [2.24, 2.45) is 0 Å². The zero-order chi connectivity index (χ0) is 10.2. The van der Waals surface area contributed by atoms with Crippen LogP contribution in [0.2, 0.25) is 0 Å². The zero-order valence-corrected chi connectivity index (χ0v) is 8.64. The Morgan fingerprint density at radius 2 is 1.93 bits per heavy atom. The van der Waals surface area contributed by atoms with Crippen molar-refractivity contribution in [1.82, 2.24) is 4.98 Å². The predicted octanol–water partition coefficient (Wildman–Crippen LogP) is 2.02. The number of benzene rings is 1. The van der Waals surface area contributed by atoms with E-state index in [1.807, 2.05) is 0 Å². The van der Waals surface area contributed by atoms with E-state index in [2.05, 4.69) is 4.98 Å². The zero-order valence-electron chi connectivity index (χ0n) is 6.93. The number of halogens is 3. The number of hydrogen-bond acceptors (Lipinski definition) is 0. The molecule has 0 fully saturated rings. The summed E-state index contributed by atoms with van der Waals surface area (Å²) >= 11 is -1.45. The molecule has 0 unspecified atom stereocenters. The molecular formula is C9H6F3NSe. The molecule has 5 heteroatoms. The van der Waals surface area contributed by atoms with Crippen LogP contribution in [0.25, 0.3) is 10.9 Å². The molecule has 0 saturated heterocycles. The number of nitrogens with one attached hydrogen (secondary N) is 1. The van der Waals surface area contributed by atoms with Crippen LogP contribution in [-0.2, 0) is 0 Å². The van der Waals surface area contributed by atoms with E-state index in [-0.39, 0.29) is 0 Å². The Bertz CT molecular complexity index is 446.